The van der Waals surface area contributed by atoms with Gasteiger partial charge in [0.15, 0.2) is 0 Å². The van der Waals surface area contributed by atoms with Gasteiger partial charge in [0, 0.05) is 18.5 Å². The van der Waals surface area contributed by atoms with Crippen molar-refractivity contribution < 1.29 is 13.6 Å². The topological polar surface area (TPSA) is 46.3 Å². The third-order valence-electron chi connectivity index (χ3n) is 3.86. The van der Waals surface area contributed by atoms with E-state index in [1.54, 1.807) is 0 Å². The number of carbonyl (C=O) groups excluding carboxylic acids is 1. The standard InChI is InChI=1S/C14H26F2N2O/c1-11(2)9-14(5-3-4-6-14)13(19)18(8-7-17)10-12(15)16/h11-12H,3-10,17H2,1-2H3. The van der Waals surface area contributed by atoms with Gasteiger partial charge in [-0.25, -0.2) is 8.78 Å². The first-order valence-corrected chi connectivity index (χ1v) is 7.19. The molecule has 1 aliphatic rings. The summed E-state index contributed by atoms with van der Waals surface area (Å²) in [5.74, 6) is 0.290. The highest BCUT2D eigenvalue weighted by Crippen LogP contribution is 2.44. The van der Waals surface area contributed by atoms with Crippen molar-refractivity contribution in [2.75, 3.05) is 19.6 Å². The number of hydrogen-bond acceptors (Lipinski definition) is 2. The smallest absolute Gasteiger partial charge is 0.255 e. The van der Waals surface area contributed by atoms with E-state index in [2.05, 4.69) is 13.8 Å². The molecule has 0 aromatic heterocycles. The Bertz CT molecular complexity index is 289. The van der Waals surface area contributed by atoms with Crippen LogP contribution in [0.25, 0.3) is 0 Å². The number of nitrogens with two attached hydrogens (primary N) is 1. The molecule has 0 heterocycles. The largest absolute Gasteiger partial charge is 0.335 e. The van der Waals surface area contributed by atoms with Crippen LogP contribution >= 0.6 is 0 Å². The van der Waals surface area contributed by atoms with E-state index in [9.17, 15) is 13.6 Å². The summed E-state index contributed by atoms with van der Waals surface area (Å²) in [4.78, 5) is 13.9. The van der Waals surface area contributed by atoms with E-state index < -0.39 is 18.4 Å². The van der Waals surface area contributed by atoms with Gasteiger partial charge in [0.1, 0.15) is 0 Å². The fourth-order valence-corrected chi connectivity index (χ4v) is 3.27. The molecule has 1 aliphatic carbocycles. The number of halogens is 2. The minimum absolute atomic E-state index is 0.107. The van der Waals surface area contributed by atoms with Crippen LogP contribution in [0.2, 0.25) is 0 Å². The lowest BCUT2D eigenvalue weighted by Gasteiger charge is -2.35. The SMILES string of the molecule is CC(C)CC1(C(=O)N(CCN)CC(F)F)CCCC1. The fourth-order valence-electron chi connectivity index (χ4n) is 3.27. The summed E-state index contributed by atoms with van der Waals surface area (Å²) in [6.45, 7) is 4.12. The molecule has 0 unspecified atom stereocenters. The summed E-state index contributed by atoms with van der Waals surface area (Å²) >= 11 is 0. The number of alkyl halides is 2. The highest BCUT2D eigenvalue weighted by molar-refractivity contribution is 5.83. The van der Waals surface area contributed by atoms with Gasteiger partial charge in [-0.3, -0.25) is 4.79 Å². The van der Waals surface area contributed by atoms with Crippen LogP contribution in [0.15, 0.2) is 0 Å². The maximum Gasteiger partial charge on any atom is 0.255 e. The van der Waals surface area contributed by atoms with Gasteiger partial charge in [-0.2, -0.15) is 0 Å². The second-order valence-electron chi connectivity index (χ2n) is 6.02. The van der Waals surface area contributed by atoms with Gasteiger partial charge < -0.3 is 10.6 Å². The maximum absolute atomic E-state index is 12.7. The van der Waals surface area contributed by atoms with Crippen molar-refractivity contribution in [1.29, 1.82) is 0 Å². The van der Waals surface area contributed by atoms with Crippen LogP contribution in [0.5, 0.6) is 0 Å². The van der Waals surface area contributed by atoms with Crippen LogP contribution in [0.4, 0.5) is 8.78 Å². The Morgan fingerprint density at radius 3 is 2.32 bits per heavy atom. The molecular weight excluding hydrogens is 250 g/mol. The molecule has 0 aromatic carbocycles. The van der Waals surface area contributed by atoms with E-state index in [1.165, 1.54) is 4.90 Å². The second kappa shape index (κ2) is 7.17. The van der Waals surface area contributed by atoms with Crippen molar-refractivity contribution in [2.45, 2.75) is 52.4 Å². The lowest BCUT2D eigenvalue weighted by molar-refractivity contribution is -0.144. The van der Waals surface area contributed by atoms with E-state index in [-0.39, 0.29) is 19.0 Å². The zero-order chi connectivity index (χ0) is 14.5. The maximum atomic E-state index is 12.7. The van der Waals surface area contributed by atoms with Crippen molar-refractivity contribution in [2.24, 2.45) is 17.1 Å². The van der Waals surface area contributed by atoms with E-state index >= 15 is 0 Å². The van der Waals surface area contributed by atoms with Gasteiger partial charge >= 0.3 is 0 Å². The summed E-state index contributed by atoms with van der Waals surface area (Å²) in [6, 6.07) is 0. The predicted octanol–water partition coefficient (Wildman–Crippen LogP) is 2.65. The average molecular weight is 276 g/mol. The lowest BCUT2D eigenvalue weighted by Crippen LogP contribution is -2.47. The Balaban J connectivity index is 2.83. The molecule has 0 bridgehead atoms. The third kappa shape index (κ3) is 4.41. The molecule has 0 aliphatic heterocycles. The van der Waals surface area contributed by atoms with Gasteiger partial charge in [-0.15, -0.1) is 0 Å². The van der Waals surface area contributed by atoms with Crippen molar-refractivity contribution in [1.82, 2.24) is 4.90 Å². The van der Waals surface area contributed by atoms with Gasteiger partial charge in [-0.1, -0.05) is 26.7 Å². The summed E-state index contributed by atoms with van der Waals surface area (Å²) < 4.78 is 25.2. The van der Waals surface area contributed by atoms with Gasteiger partial charge in [0.25, 0.3) is 6.43 Å². The molecule has 1 saturated carbocycles. The Hall–Kier alpha value is -0.710. The molecule has 1 rings (SSSR count). The molecule has 0 saturated heterocycles. The van der Waals surface area contributed by atoms with Crippen LogP contribution in [-0.4, -0.2) is 36.9 Å². The molecule has 0 spiro atoms. The van der Waals surface area contributed by atoms with Crippen LogP contribution in [0.1, 0.15) is 46.0 Å². The van der Waals surface area contributed by atoms with Gasteiger partial charge in [0.2, 0.25) is 5.91 Å². The first kappa shape index (κ1) is 16.3. The molecule has 19 heavy (non-hydrogen) atoms. The molecular formula is C14H26F2N2O. The highest BCUT2D eigenvalue weighted by atomic mass is 19.3. The number of carbonyl (C=O) groups is 1. The minimum Gasteiger partial charge on any atom is -0.335 e. The van der Waals surface area contributed by atoms with E-state index in [0.717, 1.165) is 32.1 Å². The lowest BCUT2D eigenvalue weighted by atomic mass is 9.77. The van der Waals surface area contributed by atoms with Gasteiger partial charge in [0.05, 0.1) is 6.54 Å². The first-order chi connectivity index (χ1) is 8.91. The predicted molar refractivity (Wildman–Crippen MR) is 72.0 cm³/mol. The number of hydrogen-bond donors (Lipinski definition) is 1. The molecule has 0 atom stereocenters. The normalized spacial score (nSPS) is 18.3. The Kier molecular flexibility index (Phi) is 6.17. The molecule has 1 amide bonds. The van der Waals surface area contributed by atoms with Crippen LogP contribution in [-0.2, 0) is 4.79 Å². The molecule has 3 nitrogen and oxygen atoms in total. The molecule has 1 fully saturated rings. The molecule has 5 heteroatoms. The van der Waals surface area contributed by atoms with Crippen LogP contribution < -0.4 is 5.73 Å². The Morgan fingerprint density at radius 2 is 1.89 bits per heavy atom. The summed E-state index contributed by atoms with van der Waals surface area (Å²) in [5.41, 5.74) is 5.03. The Labute approximate surface area is 114 Å². The second-order valence-corrected chi connectivity index (χ2v) is 6.02. The van der Waals surface area contributed by atoms with Crippen LogP contribution in [0, 0.1) is 11.3 Å². The van der Waals surface area contributed by atoms with E-state index in [1.807, 2.05) is 0 Å². The molecule has 0 aromatic rings. The molecule has 2 N–H and O–H groups in total. The van der Waals surface area contributed by atoms with Crippen molar-refractivity contribution in [3.63, 3.8) is 0 Å². The van der Waals surface area contributed by atoms with Crippen molar-refractivity contribution >= 4 is 5.91 Å². The number of amides is 1. The zero-order valence-corrected chi connectivity index (χ0v) is 12.0. The van der Waals surface area contributed by atoms with Crippen molar-refractivity contribution in [3.8, 4) is 0 Å². The first-order valence-electron chi connectivity index (χ1n) is 7.19. The summed E-state index contributed by atoms with van der Waals surface area (Å²) in [5, 5.41) is 0. The summed E-state index contributed by atoms with van der Waals surface area (Å²) in [6.07, 6.45) is 1.99. The van der Waals surface area contributed by atoms with Crippen molar-refractivity contribution in [3.05, 3.63) is 0 Å². The fraction of sp³-hybridized carbons (Fsp3) is 0.929. The average Bonchev–Trinajstić information content (AvgIpc) is 2.75. The van der Waals surface area contributed by atoms with Crippen LogP contribution in [0.3, 0.4) is 0 Å². The monoisotopic (exact) mass is 276 g/mol. The molecule has 112 valence electrons. The quantitative estimate of drug-likeness (QED) is 0.777. The zero-order valence-electron chi connectivity index (χ0n) is 12.0. The Morgan fingerprint density at radius 1 is 1.32 bits per heavy atom. The molecule has 0 radical (unpaired) electrons. The third-order valence-corrected chi connectivity index (χ3v) is 3.86. The van der Waals surface area contributed by atoms with Gasteiger partial charge in [-0.05, 0) is 25.2 Å². The number of nitrogens with zero attached hydrogens (tertiary/aromatic N) is 1. The summed E-state index contributed by atoms with van der Waals surface area (Å²) in [7, 11) is 0. The minimum atomic E-state index is -2.49. The number of rotatable bonds is 7. The van der Waals surface area contributed by atoms with E-state index in [0.29, 0.717) is 5.92 Å². The van der Waals surface area contributed by atoms with E-state index in [4.69, 9.17) is 5.73 Å². The highest BCUT2D eigenvalue weighted by Gasteiger charge is 2.43.